The number of likely N-dealkylation sites (N-methyl/N-ethyl adjacent to an activating group) is 1. The van der Waals surface area contributed by atoms with Crippen LogP contribution in [-0.2, 0) is 6.42 Å². The third kappa shape index (κ3) is 3.09. The molecule has 1 atom stereocenters. The smallest absolute Gasteiger partial charge is 0.0367 e. The summed E-state index contributed by atoms with van der Waals surface area (Å²) in [7, 11) is 0. The van der Waals surface area contributed by atoms with Gasteiger partial charge in [0.25, 0.3) is 0 Å². The van der Waals surface area contributed by atoms with Crippen molar-refractivity contribution in [3.8, 4) is 0 Å². The highest BCUT2D eigenvalue weighted by Gasteiger charge is 2.14. The molecule has 0 amide bonds. The topological polar surface area (TPSA) is 37.8 Å². The molecule has 3 rings (SSSR count). The normalized spacial score (nSPS) is 12.4. The number of nitrogens with one attached hydrogen (secondary N) is 1. The maximum atomic E-state index is 4.29. The molecule has 0 aliphatic rings. The van der Waals surface area contributed by atoms with Gasteiger partial charge >= 0.3 is 0 Å². The van der Waals surface area contributed by atoms with Crippen LogP contribution in [-0.4, -0.2) is 16.5 Å². The first kappa shape index (κ1) is 13.7. The Balaban J connectivity index is 1.99. The summed E-state index contributed by atoms with van der Waals surface area (Å²) < 4.78 is 0. The van der Waals surface area contributed by atoms with E-state index in [9.17, 15) is 0 Å². The number of pyridine rings is 2. The highest BCUT2D eigenvalue weighted by molar-refractivity contribution is 5.85. The van der Waals surface area contributed by atoms with Gasteiger partial charge in [-0.3, -0.25) is 9.97 Å². The fourth-order valence-electron chi connectivity index (χ4n) is 2.73. The quantitative estimate of drug-likeness (QED) is 0.775. The molecule has 1 N–H and O–H groups in total. The fourth-order valence-corrected chi connectivity index (χ4v) is 2.73. The highest BCUT2D eigenvalue weighted by atomic mass is 14.9. The summed E-state index contributed by atoms with van der Waals surface area (Å²) in [4.78, 5) is 8.38. The molecular formula is C18H19N3. The first-order chi connectivity index (χ1) is 10.4. The zero-order valence-electron chi connectivity index (χ0n) is 12.2. The van der Waals surface area contributed by atoms with Crippen LogP contribution in [0.15, 0.2) is 61.2 Å². The maximum absolute atomic E-state index is 4.29. The molecule has 0 radical (unpaired) electrons. The van der Waals surface area contributed by atoms with E-state index in [1.165, 1.54) is 21.9 Å². The number of hydrogen-bond donors (Lipinski definition) is 1. The lowest BCUT2D eigenvalue weighted by atomic mass is 9.95. The molecule has 2 heterocycles. The molecule has 1 aromatic carbocycles. The SMILES string of the molecule is CCNC(Cc1ccncc1)c1cccc2ccncc12. The van der Waals surface area contributed by atoms with Gasteiger partial charge in [0.1, 0.15) is 0 Å². The van der Waals surface area contributed by atoms with Crippen molar-refractivity contribution in [1.82, 2.24) is 15.3 Å². The number of hydrogen-bond acceptors (Lipinski definition) is 3. The lowest BCUT2D eigenvalue weighted by molar-refractivity contribution is 0.553. The van der Waals surface area contributed by atoms with Gasteiger partial charge in [-0.1, -0.05) is 25.1 Å². The summed E-state index contributed by atoms with van der Waals surface area (Å²) in [5, 5.41) is 6.05. The summed E-state index contributed by atoms with van der Waals surface area (Å²) in [5.41, 5.74) is 2.59. The number of aromatic nitrogens is 2. The Hall–Kier alpha value is -2.26. The van der Waals surface area contributed by atoms with Crippen molar-refractivity contribution in [3.63, 3.8) is 0 Å². The average molecular weight is 277 g/mol. The second kappa shape index (κ2) is 6.46. The van der Waals surface area contributed by atoms with E-state index in [1.54, 1.807) is 0 Å². The molecule has 3 heteroatoms. The van der Waals surface area contributed by atoms with Crippen LogP contribution in [0.4, 0.5) is 0 Å². The van der Waals surface area contributed by atoms with Crippen LogP contribution >= 0.6 is 0 Å². The molecule has 0 saturated carbocycles. The van der Waals surface area contributed by atoms with Gasteiger partial charge in [-0.05, 0) is 47.7 Å². The minimum absolute atomic E-state index is 0.283. The van der Waals surface area contributed by atoms with Crippen molar-refractivity contribution in [1.29, 1.82) is 0 Å². The van der Waals surface area contributed by atoms with Gasteiger partial charge in [-0.25, -0.2) is 0 Å². The minimum Gasteiger partial charge on any atom is -0.310 e. The van der Waals surface area contributed by atoms with E-state index in [-0.39, 0.29) is 6.04 Å². The maximum Gasteiger partial charge on any atom is 0.0367 e. The molecule has 0 saturated heterocycles. The van der Waals surface area contributed by atoms with Crippen molar-refractivity contribution < 1.29 is 0 Å². The molecule has 3 aromatic rings. The minimum atomic E-state index is 0.283. The zero-order chi connectivity index (χ0) is 14.5. The average Bonchev–Trinajstić information content (AvgIpc) is 2.55. The van der Waals surface area contributed by atoms with Crippen molar-refractivity contribution in [2.75, 3.05) is 6.54 Å². The van der Waals surface area contributed by atoms with Crippen LogP contribution in [0.1, 0.15) is 24.1 Å². The Kier molecular flexibility index (Phi) is 4.22. The van der Waals surface area contributed by atoms with Gasteiger partial charge in [0, 0.05) is 36.2 Å². The monoisotopic (exact) mass is 277 g/mol. The Morgan fingerprint density at radius 3 is 2.62 bits per heavy atom. The van der Waals surface area contributed by atoms with E-state index in [1.807, 2.05) is 24.8 Å². The van der Waals surface area contributed by atoms with E-state index in [2.05, 4.69) is 58.6 Å². The number of fused-ring (bicyclic) bond motifs is 1. The molecule has 0 aliphatic carbocycles. The molecular weight excluding hydrogens is 258 g/mol. The largest absolute Gasteiger partial charge is 0.310 e. The van der Waals surface area contributed by atoms with Crippen molar-refractivity contribution in [3.05, 3.63) is 72.3 Å². The van der Waals surface area contributed by atoms with E-state index in [4.69, 9.17) is 0 Å². The standard InChI is InChI=1S/C18H19N3/c1-2-21-18(12-14-6-9-19-10-7-14)16-5-3-4-15-8-11-20-13-17(15)16/h3-11,13,18,21H,2,12H2,1H3. The van der Waals surface area contributed by atoms with Crippen LogP contribution in [0.3, 0.4) is 0 Å². The summed E-state index contributed by atoms with van der Waals surface area (Å²) >= 11 is 0. The van der Waals surface area contributed by atoms with Crippen LogP contribution < -0.4 is 5.32 Å². The second-order valence-electron chi connectivity index (χ2n) is 5.11. The predicted molar refractivity (Wildman–Crippen MR) is 86.1 cm³/mol. The third-order valence-corrected chi connectivity index (χ3v) is 3.73. The highest BCUT2D eigenvalue weighted by Crippen LogP contribution is 2.26. The Morgan fingerprint density at radius 1 is 1.00 bits per heavy atom. The fraction of sp³-hybridized carbons (Fsp3) is 0.222. The van der Waals surface area contributed by atoms with E-state index < -0.39 is 0 Å². The van der Waals surface area contributed by atoms with Crippen molar-refractivity contribution >= 4 is 10.8 Å². The van der Waals surface area contributed by atoms with Gasteiger partial charge in [0.2, 0.25) is 0 Å². The summed E-state index contributed by atoms with van der Waals surface area (Å²) in [6.07, 6.45) is 8.45. The van der Waals surface area contributed by atoms with Crippen molar-refractivity contribution in [2.24, 2.45) is 0 Å². The Bertz CT molecular complexity index is 704. The molecule has 0 bridgehead atoms. The van der Waals surface area contributed by atoms with Gasteiger partial charge < -0.3 is 5.32 Å². The first-order valence-corrected chi connectivity index (χ1v) is 7.33. The second-order valence-corrected chi connectivity index (χ2v) is 5.11. The molecule has 1 unspecified atom stereocenters. The molecule has 0 spiro atoms. The lowest BCUT2D eigenvalue weighted by Gasteiger charge is -2.20. The lowest BCUT2D eigenvalue weighted by Crippen LogP contribution is -2.23. The van der Waals surface area contributed by atoms with Gasteiger partial charge in [0.15, 0.2) is 0 Å². The molecule has 0 aliphatic heterocycles. The first-order valence-electron chi connectivity index (χ1n) is 7.33. The van der Waals surface area contributed by atoms with Gasteiger partial charge in [-0.15, -0.1) is 0 Å². The Labute approximate surface area is 125 Å². The Morgan fingerprint density at radius 2 is 1.81 bits per heavy atom. The zero-order valence-corrected chi connectivity index (χ0v) is 12.2. The number of benzene rings is 1. The molecule has 2 aromatic heterocycles. The summed E-state index contributed by atoms with van der Waals surface area (Å²) in [6.45, 7) is 3.08. The van der Waals surface area contributed by atoms with E-state index in [0.29, 0.717) is 0 Å². The summed E-state index contributed by atoms with van der Waals surface area (Å²) in [6, 6.07) is 12.9. The number of rotatable bonds is 5. The van der Waals surface area contributed by atoms with Crippen LogP contribution in [0.2, 0.25) is 0 Å². The molecule has 106 valence electrons. The summed E-state index contributed by atoms with van der Waals surface area (Å²) in [5.74, 6) is 0. The van der Waals surface area contributed by atoms with Crippen LogP contribution in [0.25, 0.3) is 10.8 Å². The third-order valence-electron chi connectivity index (χ3n) is 3.73. The van der Waals surface area contributed by atoms with Crippen LogP contribution in [0.5, 0.6) is 0 Å². The predicted octanol–water partition coefficient (Wildman–Crippen LogP) is 3.52. The number of nitrogens with zero attached hydrogens (tertiary/aromatic N) is 2. The molecule has 21 heavy (non-hydrogen) atoms. The van der Waals surface area contributed by atoms with Gasteiger partial charge in [-0.2, -0.15) is 0 Å². The molecule has 3 nitrogen and oxygen atoms in total. The van der Waals surface area contributed by atoms with Crippen LogP contribution in [0, 0.1) is 0 Å². The van der Waals surface area contributed by atoms with Gasteiger partial charge in [0.05, 0.1) is 0 Å². The van der Waals surface area contributed by atoms with Crippen molar-refractivity contribution in [2.45, 2.75) is 19.4 Å². The molecule has 0 fully saturated rings. The van der Waals surface area contributed by atoms with E-state index >= 15 is 0 Å². The van der Waals surface area contributed by atoms with E-state index in [0.717, 1.165) is 13.0 Å².